The third-order valence-corrected chi connectivity index (χ3v) is 5.13. The molecule has 0 aliphatic carbocycles. The number of nitrogens with zero attached hydrogens (tertiary/aromatic N) is 2. The zero-order chi connectivity index (χ0) is 22.5. The van der Waals surface area contributed by atoms with E-state index in [-0.39, 0.29) is 36.2 Å². The molecular formula is C19H24N6O6. The van der Waals surface area contributed by atoms with Gasteiger partial charge >= 0.3 is 11.9 Å². The zero-order valence-corrected chi connectivity index (χ0v) is 16.6. The molecule has 3 heterocycles. The number of nitrogen functional groups attached to an aromatic ring is 1. The van der Waals surface area contributed by atoms with Gasteiger partial charge in [0.1, 0.15) is 11.9 Å². The fourth-order valence-corrected chi connectivity index (χ4v) is 3.47. The minimum absolute atomic E-state index is 0.00693. The van der Waals surface area contributed by atoms with Crippen molar-refractivity contribution in [3.63, 3.8) is 0 Å². The molecule has 2 aromatic heterocycles. The third kappa shape index (κ3) is 5.62. The molecule has 0 spiro atoms. The van der Waals surface area contributed by atoms with Crippen molar-refractivity contribution >= 4 is 29.6 Å². The van der Waals surface area contributed by atoms with Crippen LogP contribution in [0.2, 0.25) is 0 Å². The van der Waals surface area contributed by atoms with Crippen LogP contribution in [-0.2, 0) is 22.4 Å². The van der Waals surface area contributed by atoms with Crippen LogP contribution in [0.25, 0.3) is 0 Å². The molecule has 0 fully saturated rings. The van der Waals surface area contributed by atoms with Gasteiger partial charge in [-0.3, -0.25) is 9.59 Å². The standard InChI is InChI=1S/C19H24N6O6/c20-19-24-15-12(17(29)25-19)5-9(7-22-15)1-2-11-6-10(8-21-11)16(28)23-13(18(30)31)3-4-14(26)27/h6,8-9,13,21H,1-5,7H2,(H,23,28)(H,26,27)(H,30,31)(H4,20,22,24,25,29)/t9?,13-/m0/s1. The van der Waals surface area contributed by atoms with Crippen molar-refractivity contribution in [1.82, 2.24) is 20.3 Å². The second kappa shape index (κ2) is 9.32. The van der Waals surface area contributed by atoms with Gasteiger partial charge in [-0.2, -0.15) is 9.97 Å². The highest BCUT2D eigenvalue weighted by Crippen LogP contribution is 2.31. The van der Waals surface area contributed by atoms with Crippen molar-refractivity contribution in [3.8, 4) is 5.88 Å². The van der Waals surface area contributed by atoms with Gasteiger partial charge in [0.2, 0.25) is 11.8 Å². The highest BCUT2D eigenvalue weighted by Gasteiger charge is 2.24. The van der Waals surface area contributed by atoms with E-state index in [0.717, 1.165) is 12.1 Å². The molecule has 2 atom stereocenters. The fourth-order valence-electron chi connectivity index (χ4n) is 3.47. The summed E-state index contributed by atoms with van der Waals surface area (Å²) in [7, 11) is 0. The second-order valence-corrected chi connectivity index (χ2v) is 7.43. The molecule has 166 valence electrons. The number of aromatic hydroxyl groups is 1. The average molecular weight is 432 g/mol. The van der Waals surface area contributed by atoms with Crippen LogP contribution >= 0.6 is 0 Å². The van der Waals surface area contributed by atoms with E-state index >= 15 is 0 Å². The van der Waals surface area contributed by atoms with Gasteiger partial charge < -0.3 is 36.7 Å². The predicted molar refractivity (Wildman–Crippen MR) is 109 cm³/mol. The summed E-state index contributed by atoms with van der Waals surface area (Å²) in [6.07, 6.45) is 2.90. The van der Waals surface area contributed by atoms with Crippen molar-refractivity contribution in [2.45, 2.75) is 38.1 Å². The summed E-state index contributed by atoms with van der Waals surface area (Å²) in [6.45, 7) is 0.654. The number of aliphatic carboxylic acids is 2. The summed E-state index contributed by atoms with van der Waals surface area (Å²) in [5, 5.41) is 33.3. The number of carboxylic acids is 2. The summed E-state index contributed by atoms with van der Waals surface area (Å²) >= 11 is 0. The summed E-state index contributed by atoms with van der Waals surface area (Å²) < 4.78 is 0. The molecule has 31 heavy (non-hydrogen) atoms. The second-order valence-electron chi connectivity index (χ2n) is 7.43. The van der Waals surface area contributed by atoms with Crippen molar-refractivity contribution in [1.29, 1.82) is 0 Å². The summed E-state index contributed by atoms with van der Waals surface area (Å²) in [5.74, 6) is -2.39. The number of aromatic amines is 1. The number of carboxylic acid groups (broad SMARTS) is 2. The molecule has 3 rings (SSSR count). The number of aromatic nitrogens is 3. The van der Waals surface area contributed by atoms with Crippen molar-refractivity contribution < 1.29 is 29.7 Å². The molecule has 0 saturated carbocycles. The predicted octanol–water partition coefficient (Wildman–Crippen LogP) is 0.357. The zero-order valence-electron chi connectivity index (χ0n) is 16.6. The van der Waals surface area contributed by atoms with Crippen LogP contribution in [0.5, 0.6) is 5.88 Å². The molecule has 0 radical (unpaired) electrons. The van der Waals surface area contributed by atoms with E-state index in [0.29, 0.717) is 30.8 Å². The maximum absolute atomic E-state index is 12.3. The largest absolute Gasteiger partial charge is 0.493 e. The lowest BCUT2D eigenvalue weighted by atomic mass is 9.92. The first kappa shape index (κ1) is 21.9. The third-order valence-electron chi connectivity index (χ3n) is 5.13. The number of carbonyl (C=O) groups is 3. The minimum Gasteiger partial charge on any atom is -0.493 e. The molecule has 1 aliphatic heterocycles. The monoisotopic (exact) mass is 432 g/mol. The van der Waals surface area contributed by atoms with Crippen molar-refractivity contribution in [2.24, 2.45) is 5.92 Å². The van der Waals surface area contributed by atoms with Crippen LogP contribution in [0.4, 0.5) is 11.8 Å². The van der Waals surface area contributed by atoms with Crippen LogP contribution in [-0.4, -0.2) is 60.7 Å². The first-order valence-corrected chi connectivity index (χ1v) is 9.75. The molecule has 1 aliphatic rings. The Kier molecular flexibility index (Phi) is 6.58. The number of anilines is 2. The summed E-state index contributed by atoms with van der Waals surface area (Å²) in [4.78, 5) is 45.1. The Morgan fingerprint density at radius 3 is 2.77 bits per heavy atom. The number of nitrogens with two attached hydrogens (primary N) is 1. The number of aryl methyl sites for hydroxylation is 1. The Morgan fingerprint density at radius 1 is 1.29 bits per heavy atom. The van der Waals surface area contributed by atoms with E-state index in [4.69, 9.17) is 15.9 Å². The molecular weight excluding hydrogens is 408 g/mol. The number of rotatable bonds is 9. The lowest BCUT2D eigenvalue weighted by molar-refractivity contribution is -0.140. The Hall–Kier alpha value is -3.83. The molecule has 12 heteroatoms. The number of hydrogen-bond donors (Lipinski definition) is 7. The van der Waals surface area contributed by atoms with Crippen LogP contribution < -0.4 is 16.4 Å². The molecule has 0 saturated heterocycles. The Morgan fingerprint density at radius 2 is 2.06 bits per heavy atom. The highest BCUT2D eigenvalue weighted by molar-refractivity contribution is 5.96. The van der Waals surface area contributed by atoms with Gasteiger partial charge in [-0.15, -0.1) is 0 Å². The van der Waals surface area contributed by atoms with Crippen molar-refractivity contribution in [2.75, 3.05) is 17.6 Å². The van der Waals surface area contributed by atoms with Gasteiger partial charge in [0.05, 0.1) is 11.1 Å². The molecule has 0 aromatic carbocycles. The SMILES string of the molecule is Nc1nc(O)c2c(n1)NCC(CCc1cc(C(=O)N[C@@H](CCC(=O)O)C(=O)O)c[nH]1)C2. The molecule has 12 nitrogen and oxygen atoms in total. The Bertz CT molecular complexity index is 990. The van der Waals surface area contributed by atoms with Crippen LogP contribution in [0.3, 0.4) is 0 Å². The van der Waals surface area contributed by atoms with Gasteiger partial charge in [-0.1, -0.05) is 0 Å². The first-order valence-electron chi connectivity index (χ1n) is 9.75. The number of hydrogen-bond acceptors (Lipinski definition) is 8. The van der Waals surface area contributed by atoms with E-state index in [1.807, 2.05) is 0 Å². The summed E-state index contributed by atoms with van der Waals surface area (Å²) in [6, 6.07) is 0.357. The van der Waals surface area contributed by atoms with Crippen molar-refractivity contribution in [3.05, 3.63) is 29.1 Å². The Labute approximate surface area is 176 Å². The Balaban J connectivity index is 1.54. The minimum atomic E-state index is -1.29. The van der Waals surface area contributed by atoms with E-state index in [2.05, 4.69) is 25.6 Å². The van der Waals surface area contributed by atoms with Crippen LogP contribution in [0.1, 0.15) is 40.9 Å². The van der Waals surface area contributed by atoms with E-state index in [1.54, 1.807) is 6.07 Å². The van der Waals surface area contributed by atoms with E-state index in [1.165, 1.54) is 6.20 Å². The van der Waals surface area contributed by atoms with Gasteiger partial charge in [-0.05, 0) is 37.7 Å². The number of fused-ring (bicyclic) bond motifs is 1. The van der Waals surface area contributed by atoms with Crippen LogP contribution in [0, 0.1) is 5.92 Å². The quantitative estimate of drug-likeness (QED) is 0.290. The number of nitrogens with one attached hydrogen (secondary N) is 3. The molecule has 0 bridgehead atoms. The van der Waals surface area contributed by atoms with Gasteiger partial charge in [0.15, 0.2) is 0 Å². The van der Waals surface area contributed by atoms with E-state index in [9.17, 15) is 19.5 Å². The maximum Gasteiger partial charge on any atom is 0.326 e. The smallest absolute Gasteiger partial charge is 0.326 e. The topological polar surface area (TPSA) is 204 Å². The highest BCUT2D eigenvalue weighted by atomic mass is 16.4. The number of amides is 1. The molecule has 1 amide bonds. The van der Waals surface area contributed by atoms with Gasteiger partial charge in [0.25, 0.3) is 5.91 Å². The average Bonchev–Trinajstić information content (AvgIpc) is 3.18. The lowest BCUT2D eigenvalue weighted by Crippen LogP contribution is -2.41. The number of H-pyrrole nitrogens is 1. The first-order chi connectivity index (χ1) is 14.7. The van der Waals surface area contributed by atoms with E-state index < -0.39 is 23.9 Å². The van der Waals surface area contributed by atoms with Gasteiger partial charge in [0, 0.05) is 24.9 Å². The number of carbonyl (C=O) groups excluding carboxylic acids is 1. The normalized spacial score (nSPS) is 16.1. The lowest BCUT2D eigenvalue weighted by Gasteiger charge is -2.25. The van der Waals surface area contributed by atoms with Crippen LogP contribution in [0.15, 0.2) is 12.3 Å². The maximum atomic E-state index is 12.3. The fraction of sp³-hybridized carbons (Fsp3) is 0.421. The molecule has 8 N–H and O–H groups in total. The molecule has 2 aromatic rings. The van der Waals surface area contributed by atoms with Gasteiger partial charge in [-0.25, -0.2) is 4.79 Å². The summed E-state index contributed by atoms with van der Waals surface area (Å²) in [5.41, 5.74) is 7.23. The molecule has 1 unspecified atom stereocenters.